The summed E-state index contributed by atoms with van der Waals surface area (Å²) < 4.78 is 53.4. The fraction of sp³-hybridized carbons (Fsp3) is 0.429. The van der Waals surface area contributed by atoms with Gasteiger partial charge >= 0.3 is 0 Å². The average Bonchev–Trinajstić information content (AvgIpc) is 3.00. The summed E-state index contributed by atoms with van der Waals surface area (Å²) in [5, 5.41) is 0.682. The van der Waals surface area contributed by atoms with Crippen molar-refractivity contribution in [3.63, 3.8) is 0 Å². The lowest BCUT2D eigenvalue weighted by atomic mass is 10.0. The zero-order valence-electron chi connectivity index (χ0n) is 12.1. The lowest BCUT2D eigenvalue weighted by Gasteiger charge is -2.13. The summed E-state index contributed by atoms with van der Waals surface area (Å²) in [6.07, 6.45) is -1.29. The molecular weight excluding hydrogens is 312 g/mol. The Bertz CT molecular complexity index is 797. The Labute approximate surface area is 126 Å². The fourth-order valence-electron chi connectivity index (χ4n) is 2.44. The molecule has 1 aromatic carbocycles. The number of benzene rings is 1. The second-order valence-corrected chi connectivity index (χ2v) is 8.04. The van der Waals surface area contributed by atoms with Gasteiger partial charge in [-0.05, 0) is 19.4 Å². The van der Waals surface area contributed by atoms with Crippen LogP contribution in [-0.4, -0.2) is 28.2 Å². The van der Waals surface area contributed by atoms with Crippen molar-refractivity contribution in [1.82, 2.24) is 14.8 Å². The number of fused-ring (bicyclic) bond motifs is 1. The zero-order valence-corrected chi connectivity index (χ0v) is 12.9. The highest BCUT2D eigenvalue weighted by molar-refractivity contribution is 7.92. The molecule has 118 valence electrons. The first kappa shape index (κ1) is 15.1. The van der Waals surface area contributed by atoms with E-state index in [4.69, 9.17) is 0 Å². The van der Waals surface area contributed by atoms with Crippen LogP contribution in [0.25, 0.3) is 0 Å². The van der Waals surface area contributed by atoms with E-state index >= 15 is 0 Å². The van der Waals surface area contributed by atoms with Crippen molar-refractivity contribution in [2.24, 2.45) is 0 Å². The van der Waals surface area contributed by atoms with Gasteiger partial charge < -0.3 is 0 Å². The van der Waals surface area contributed by atoms with Crippen LogP contribution in [0.15, 0.2) is 35.5 Å². The molecule has 0 amide bonds. The number of nitrogens with zero attached hydrogens (tertiary/aromatic N) is 3. The summed E-state index contributed by atoms with van der Waals surface area (Å²) in [5.74, 6) is -0.0725. The van der Waals surface area contributed by atoms with Crippen molar-refractivity contribution < 1.29 is 17.2 Å². The Morgan fingerprint density at radius 1 is 1.27 bits per heavy atom. The van der Waals surface area contributed by atoms with E-state index in [2.05, 4.69) is 10.1 Å². The van der Waals surface area contributed by atoms with Gasteiger partial charge in [-0.25, -0.2) is 21.9 Å². The molecule has 1 aromatic heterocycles. The Morgan fingerprint density at radius 3 is 2.50 bits per heavy atom. The Morgan fingerprint density at radius 2 is 1.91 bits per heavy atom. The second-order valence-electron chi connectivity index (χ2n) is 5.69. The fourth-order valence-corrected chi connectivity index (χ4v) is 3.29. The third-order valence-corrected chi connectivity index (χ3v) is 5.64. The van der Waals surface area contributed by atoms with Gasteiger partial charge in [0.25, 0.3) is 5.16 Å². The van der Waals surface area contributed by atoms with Gasteiger partial charge in [-0.1, -0.05) is 30.3 Å². The summed E-state index contributed by atoms with van der Waals surface area (Å²) in [7, 11) is -4.36. The van der Waals surface area contributed by atoms with Gasteiger partial charge in [0.15, 0.2) is 12.0 Å². The number of aromatic nitrogens is 3. The van der Waals surface area contributed by atoms with Crippen molar-refractivity contribution in [2.75, 3.05) is 0 Å². The molecule has 3 rings (SSSR count). The number of alkyl halides is 2. The van der Waals surface area contributed by atoms with Crippen molar-refractivity contribution >= 4 is 9.84 Å². The maximum atomic E-state index is 14.1. The first-order valence-electron chi connectivity index (χ1n) is 6.81. The van der Waals surface area contributed by atoms with Crippen LogP contribution < -0.4 is 0 Å². The van der Waals surface area contributed by atoms with Crippen LogP contribution >= 0.6 is 0 Å². The maximum absolute atomic E-state index is 14.1. The minimum Gasteiger partial charge on any atom is -0.239 e. The largest absolute Gasteiger partial charge is 0.270 e. The highest BCUT2D eigenvalue weighted by Crippen LogP contribution is 2.40. The Balaban J connectivity index is 2.08. The molecule has 2 aromatic rings. The van der Waals surface area contributed by atoms with Crippen molar-refractivity contribution in [2.45, 2.75) is 42.6 Å². The molecule has 0 bridgehead atoms. The summed E-state index contributed by atoms with van der Waals surface area (Å²) in [6.45, 7) is 1.83. The lowest BCUT2D eigenvalue weighted by Crippen LogP contribution is -2.27. The number of rotatable bonds is 3. The minimum atomic E-state index is -4.36. The molecule has 2 atom stereocenters. The van der Waals surface area contributed by atoms with Gasteiger partial charge in [0.1, 0.15) is 0 Å². The van der Waals surface area contributed by atoms with Crippen molar-refractivity contribution in [1.29, 1.82) is 0 Å². The van der Waals surface area contributed by atoms with Gasteiger partial charge in [-0.3, -0.25) is 0 Å². The molecule has 22 heavy (non-hydrogen) atoms. The van der Waals surface area contributed by atoms with Gasteiger partial charge in [-0.15, -0.1) is 5.10 Å². The van der Waals surface area contributed by atoms with Crippen LogP contribution in [0.4, 0.5) is 8.78 Å². The molecule has 0 fully saturated rings. The van der Waals surface area contributed by atoms with E-state index in [1.807, 2.05) is 6.07 Å². The number of halogens is 2. The molecule has 1 aliphatic rings. The molecule has 0 radical (unpaired) electrons. The summed E-state index contributed by atoms with van der Waals surface area (Å²) >= 11 is 0. The number of sulfone groups is 1. The summed E-state index contributed by atoms with van der Waals surface area (Å²) in [6, 6.07) is 8.61. The van der Waals surface area contributed by atoms with E-state index < -0.39 is 32.2 Å². The van der Waals surface area contributed by atoms with E-state index in [1.54, 1.807) is 24.3 Å². The molecule has 0 saturated carbocycles. The molecule has 0 spiro atoms. The number of hydrogen-bond donors (Lipinski definition) is 0. The number of hydrogen-bond acceptors (Lipinski definition) is 4. The van der Waals surface area contributed by atoms with E-state index in [0.717, 1.165) is 19.4 Å². The van der Waals surface area contributed by atoms with Crippen LogP contribution in [0.1, 0.15) is 43.9 Å². The third-order valence-electron chi connectivity index (χ3n) is 3.71. The Kier molecular flexibility index (Phi) is 3.32. The Hall–Kier alpha value is -1.83. The second kappa shape index (κ2) is 4.84. The first-order valence-corrected chi connectivity index (χ1v) is 8.29. The average molecular weight is 327 g/mol. The van der Waals surface area contributed by atoms with Crippen LogP contribution in [0.3, 0.4) is 0 Å². The van der Waals surface area contributed by atoms with Crippen LogP contribution in [0, 0.1) is 0 Å². The highest BCUT2D eigenvalue weighted by atomic mass is 32.2. The lowest BCUT2D eigenvalue weighted by molar-refractivity contribution is 0.314. The normalized spacial score (nSPS) is 21.8. The van der Waals surface area contributed by atoms with Gasteiger partial charge in [0.05, 0.1) is 6.04 Å². The van der Waals surface area contributed by atoms with E-state index in [-0.39, 0.29) is 12.2 Å². The van der Waals surface area contributed by atoms with E-state index in [1.165, 1.54) is 4.68 Å². The quantitative estimate of drug-likeness (QED) is 0.869. The standard InChI is InChI=1S/C14H15F2N3O2S/c1-14(2,16)22(20,21)13-17-12-10(15)8-11(19(12)18-13)9-6-4-3-5-7-9/h3-7,10-11H,8H2,1-2H3/t10-,11-/m0/s1. The van der Waals surface area contributed by atoms with Gasteiger partial charge in [0.2, 0.25) is 14.8 Å². The summed E-state index contributed by atoms with van der Waals surface area (Å²) in [5.41, 5.74) is 0.803. The first-order chi connectivity index (χ1) is 10.2. The highest BCUT2D eigenvalue weighted by Gasteiger charge is 2.43. The van der Waals surface area contributed by atoms with Gasteiger partial charge in [0, 0.05) is 6.42 Å². The van der Waals surface area contributed by atoms with Gasteiger partial charge in [-0.2, -0.15) is 4.98 Å². The molecular formula is C14H15F2N3O2S. The molecule has 1 aliphatic heterocycles. The van der Waals surface area contributed by atoms with Crippen LogP contribution in [0.2, 0.25) is 0 Å². The SMILES string of the molecule is CC(C)(F)S(=O)(=O)c1nc2n(n1)[C@H](c1ccccc1)C[C@@H]2F. The molecule has 0 saturated heterocycles. The molecule has 5 nitrogen and oxygen atoms in total. The molecule has 0 aliphatic carbocycles. The maximum Gasteiger partial charge on any atom is 0.270 e. The molecule has 2 heterocycles. The minimum absolute atomic E-state index is 0.0725. The molecule has 0 N–H and O–H groups in total. The smallest absolute Gasteiger partial charge is 0.239 e. The van der Waals surface area contributed by atoms with Crippen molar-refractivity contribution in [3.05, 3.63) is 41.7 Å². The van der Waals surface area contributed by atoms with E-state index in [9.17, 15) is 17.2 Å². The topological polar surface area (TPSA) is 64.8 Å². The van der Waals surface area contributed by atoms with E-state index in [0.29, 0.717) is 0 Å². The predicted molar refractivity (Wildman–Crippen MR) is 75.4 cm³/mol. The molecule has 0 unspecified atom stereocenters. The summed E-state index contributed by atoms with van der Waals surface area (Å²) in [4.78, 5) is 3.73. The molecule has 8 heteroatoms. The predicted octanol–water partition coefficient (Wildman–Crippen LogP) is 2.76. The monoisotopic (exact) mass is 327 g/mol. The third kappa shape index (κ3) is 2.22. The zero-order chi connectivity index (χ0) is 16.1. The van der Waals surface area contributed by atoms with Crippen LogP contribution in [0.5, 0.6) is 0 Å². The van der Waals surface area contributed by atoms with Crippen molar-refractivity contribution in [3.8, 4) is 0 Å². The van der Waals surface area contributed by atoms with Crippen LogP contribution in [-0.2, 0) is 9.84 Å².